The van der Waals surface area contributed by atoms with Crippen LogP contribution in [0.5, 0.6) is 0 Å². The van der Waals surface area contributed by atoms with Crippen LogP contribution in [-0.2, 0) is 20.6 Å². The lowest BCUT2D eigenvalue weighted by atomic mass is 10.1. The molecule has 0 spiro atoms. The van der Waals surface area contributed by atoms with Crippen LogP contribution in [0.25, 0.3) is 0 Å². The smallest absolute Gasteiger partial charge is 0.338 e. The molecule has 0 radical (unpaired) electrons. The number of nitrogens with one attached hydrogen (secondary N) is 2. The van der Waals surface area contributed by atoms with E-state index in [2.05, 4.69) is 20.3 Å². The van der Waals surface area contributed by atoms with Gasteiger partial charge in [-0.2, -0.15) is 0 Å². The van der Waals surface area contributed by atoms with Crippen molar-refractivity contribution in [2.75, 3.05) is 6.61 Å². The first-order chi connectivity index (χ1) is 21.6. The van der Waals surface area contributed by atoms with Gasteiger partial charge in [-0.1, -0.05) is 23.4 Å². The molecule has 2 aliphatic heterocycles. The molecule has 0 unspecified atom stereocenters. The van der Waals surface area contributed by atoms with E-state index in [1.807, 2.05) is 0 Å². The Hall–Kier alpha value is -4.93. The van der Waals surface area contributed by atoms with Crippen LogP contribution in [0.4, 0.5) is 0 Å². The van der Waals surface area contributed by atoms with Gasteiger partial charge in [-0.3, -0.25) is 28.7 Å². The first-order valence-corrected chi connectivity index (χ1v) is 14.3. The van der Waals surface area contributed by atoms with Gasteiger partial charge in [0.1, 0.15) is 25.2 Å². The largest absolute Gasteiger partial charge is 0.459 e. The quantitative estimate of drug-likeness (QED) is 0.221. The molecule has 236 valence electrons. The number of aryl methyl sites for hydroxylation is 2. The minimum Gasteiger partial charge on any atom is -0.459 e. The number of ether oxygens (including phenoxy) is 3. The van der Waals surface area contributed by atoms with E-state index in [0.29, 0.717) is 22.4 Å². The van der Waals surface area contributed by atoms with E-state index >= 15 is 0 Å². The lowest BCUT2D eigenvalue weighted by Gasteiger charge is -2.21. The molecule has 2 saturated heterocycles. The van der Waals surface area contributed by atoms with Crippen molar-refractivity contribution < 1.29 is 24.1 Å². The molecule has 4 aromatic rings. The van der Waals surface area contributed by atoms with Crippen LogP contribution >= 0.6 is 0 Å². The van der Waals surface area contributed by atoms with E-state index in [4.69, 9.17) is 14.2 Å². The Bertz CT molecular complexity index is 1940. The zero-order valence-corrected chi connectivity index (χ0v) is 24.4. The molecule has 0 bridgehead atoms. The summed E-state index contributed by atoms with van der Waals surface area (Å²) in [6.45, 7) is 2.96. The molecule has 16 nitrogen and oxygen atoms in total. The van der Waals surface area contributed by atoms with Crippen LogP contribution in [0.2, 0.25) is 0 Å². The van der Waals surface area contributed by atoms with E-state index in [9.17, 15) is 29.1 Å². The van der Waals surface area contributed by atoms with Crippen LogP contribution < -0.4 is 22.5 Å². The zero-order valence-electron chi connectivity index (χ0n) is 24.4. The van der Waals surface area contributed by atoms with Crippen molar-refractivity contribution in [1.29, 1.82) is 0 Å². The average Bonchev–Trinajstić information content (AvgIpc) is 3.75. The number of esters is 1. The lowest BCUT2D eigenvalue weighted by molar-refractivity contribution is -0.0418. The second-order valence-corrected chi connectivity index (χ2v) is 11.2. The first-order valence-electron chi connectivity index (χ1n) is 14.3. The number of carbonyl (C=O) groups excluding carboxylic acids is 1. The summed E-state index contributed by atoms with van der Waals surface area (Å²) in [6, 6.07) is 7.88. The number of rotatable bonds is 8. The van der Waals surface area contributed by atoms with Gasteiger partial charge in [0.05, 0.1) is 35.7 Å². The maximum Gasteiger partial charge on any atom is 0.338 e. The molecule has 1 aromatic carbocycles. The Kier molecular flexibility index (Phi) is 8.18. The average molecular weight is 622 g/mol. The molecule has 2 aliphatic rings. The van der Waals surface area contributed by atoms with Crippen molar-refractivity contribution in [3.63, 3.8) is 0 Å². The lowest BCUT2D eigenvalue weighted by Crippen LogP contribution is -2.33. The summed E-state index contributed by atoms with van der Waals surface area (Å²) in [4.78, 5) is 66.1. The van der Waals surface area contributed by atoms with Gasteiger partial charge in [0.15, 0.2) is 0 Å². The second kappa shape index (κ2) is 12.2. The molecule has 0 saturated carbocycles. The van der Waals surface area contributed by atoms with Crippen LogP contribution in [0, 0.1) is 13.8 Å². The molecular formula is C29H31N7O9. The summed E-state index contributed by atoms with van der Waals surface area (Å²) in [5, 5.41) is 19.2. The number of H-pyrrole nitrogens is 2. The maximum absolute atomic E-state index is 12.7. The molecule has 3 aromatic heterocycles. The van der Waals surface area contributed by atoms with Gasteiger partial charge in [0.2, 0.25) is 0 Å². The maximum atomic E-state index is 12.7. The zero-order chi connectivity index (χ0) is 31.8. The number of hydrogen-bond acceptors (Lipinski definition) is 11. The summed E-state index contributed by atoms with van der Waals surface area (Å²) in [5.74, 6) is -0.557. The van der Waals surface area contributed by atoms with Gasteiger partial charge >= 0.3 is 17.3 Å². The fourth-order valence-corrected chi connectivity index (χ4v) is 5.67. The minimum absolute atomic E-state index is 0.110. The van der Waals surface area contributed by atoms with Crippen molar-refractivity contribution in [3.05, 3.63) is 113 Å². The molecule has 5 heterocycles. The topological polar surface area (TPSA) is 205 Å². The van der Waals surface area contributed by atoms with Crippen molar-refractivity contribution in [3.8, 4) is 0 Å². The number of aliphatic hydroxyl groups excluding tert-OH is 1. The molecule has 6 atom stereocenters. The van der Waals surface area contributed by atoms with Crippen LogP contribution in [0.15, 0.2) is 68.1 Å². The third kappa shape index (κ3) is 6.07. The molecule has 2 fully saturated rings. The highest BCUT2D eigenvalue weighted by molar-refractivity contribution is 5.89. The Labute approximate surface area is 253 Å². The highest BCUT2D eigenvalue weighted by Gasteiger charge is 2.42. The van der Waals surface area contributed by atoms with E-state index in [-0.39, 0.29) is 25.9 Å². The number of aliphatic hydroxyl groups is 1. The summed E-state index contributed by atoms with van der Waals surface area (Å²) in [6.07, 6.45) is 0.674. The molecule has 45 heavy (non-hydrogen) atoms. The van der Waals surface area contributed by atoms with E-state index < -0.39 is 65.3 Å². The highest BCUT2D eigenvalue weighted by atomic mass is 16.6. The summed E-state index contributed by atoms with van der Waals surface area (Å²) < 4.78 is 22.0. The van der Waals surface area contributed by atoms with Gasteiger partial charge < -0.3 is 19.3 Å². The summed E-state index contributed by atoms with van der Waals surface area (Å²) >= 11 is 0. The van der Waals surface area contributed by atoms with E-state index in [0.717, 1.165) is 0 Å². The third-order valence-electron chi connectivity index (χ3n) is 8.08. The van der Waals surface area contributed by atoms with Gasteiger partial charge in [-0.15, -0.1) is 5.10 Å². The van der Waals surface area contributed by atoms with Crippen molar-refractivity contribution >= 4 is 5.97 Å². The van der Waals surface area contributed by atoms with Crippen molar-refractivity contribution in [2.24, 2.45) is 0 Å². The Morgan fingerprint density at radius 2 is 1.53 bits per heavy atom. The number of benzene rings is 1. The summed E-state index contributed by atoms with van der Waals surface area (Å²) in [7, 11) is 0. The third-order valence-corrected chi connectivity index (χ3v) is 8.08. The minimum atomic E-state index is -0.949. The normalized spacial score (nSPS) is 24.6. The summed E-state index contributed by atoms with van der Waals surface area (Å²) in [5.41, 5.74) is -0.758. The highest BCUT2D eigenvalue weighted by Crippen LogP contribution is 2.38. The Morgan fingerprint density at radius 3 is 2.18 bits per heavy atom. The monoisotopic (exact) mass is 621 g/mol. The molecule has 3 N–H and O–H groups in total. The fourth-order valence-electron chi connectivity index (χ4n) is 5.67. The SMILES string of the molecule is Cc1cn([C@H]2C[C@@H](O)[C@@H](Cc3cnnn3[C@H]3C[C@H](n4cc(C)c(=O)[nH]c4=O)O[C@@H]3COC(=O)c3ccccc3)O2)c(=O)[nH]c1=O. The van der Waals surface area contributed by atoms with Crippen molar-refractivity contribution in [1.82, 2.24) is 34.1 Å². The predicted octanol–water partition coefficient (Wildman–Crippen LogP) is -0.128. The van der Waals surface area contributed by atoms with E-state index in [1.54, 1.807) is 48.9 Å². The molecule has 16 heteroatoms. The Balaban J connectivity index is 1.25. The van der Waals surface area contributed by atoms with Crippen LogP contribution in [-0.4, -0.2) is 70.1 Å². The molecule has 6 rings (SSSR count). The molecule has 0 amide bonds. The predicted molar refractivity (Wildman–Crippen MR) is 155 cm³/mol. The van der Waals surface area contributed by atoms with Gasteiger partial charge in [-0.05, 0) is 26.0 Å². The number of nitrogens with zero attached hydrogens (tertiary/aromatic N) is 5. The number of hydrogen-bond donors (Lipinski definition) is 3. The molecule has 0 aliphatic carbocycles. The number of aromatic nitrogens is 7. The number of carbonyl (C=O) groups is 1. The van der Waals surface area contributed by atoms with Gasteiger partial charge in [0, 0.05) is 42.8 Å². The number of aromatic amines is 2. The Morgan fingerprint density at radius 1 is 0.933 bits per heavy atom. The fraction of sp³-hybridized carbons (Fsp3) is 0.414. The van der Waals surface area contributed by atoms with Crippen LogP contribution in [0.1, 0.15) is 58.5 Å². The second-order valence-electron chi connectivity index (χ2n) is 11.2. The first kappa shape index (κ1) is 30.1. The van der Waals surface area contributed by atoms with Gasteiger partial charge in [0.25, 0.3) is 11.1 Å². The molecular weight excluding hydrogens is 590 g/mol. The van der Waals surface area contributed by atoms with Crippen LogP contribution in [0.3, 0.4) is 0 Å². The van der Waals surface area contributed by atoms with E-state index in [1.165, 1.54) is 27.7 Å². The van der Waals surface area contributed by atoms with Gasteiger partial charge in [-0.25, -0.2) is 19.1 Å². The standard InChI is InChI=1S/C29H31N7O9/c1-15-12-34(28(41)31-25(15)38)23-9-19(22(45-23)14-43-27(40)17-6-4-3-5-7-17)36-18(11-30-33-36)8-21-20(37)10-24(44-21)35-13-16(2)26(39)32-29(35)42/h3-7,11-13,19-24,37H,8-10,14H2,1-2H3,(H,31,38,41)(H,32,39,42)/t19-,20+,21+,22+,23+,24+/m0/s1. The van der Waals surface area contributed by atoms with Crippen molar-refractivity contribution in [2.45, 2.75) is 69.9 Å².